The lowest BCUT2D eigenvalue weighted by atomic mass is 9.82. The van der Waals surface area contributed by atoms with E-state index in [1.807, 2.05) is 59.9 Å². The van der Waals surface area contributed by atoms with Gasteiger partial charge in [-0.25, -0.2) is 4.79 Å². The monoisotopic (exact) mass is 525 g/mol. The number of aryl methyl sites for hydroxylation is 1. The number of ketones is 1. The number of ether oxygens (including phenoxy) is 3. The molecule has 0 spiro atoms. The highest BCUT2D eigenvalue weighted by atomic mass is 16.6. The van der Waals surface area contributed by atoms with Gasteiger partial charge in [-0.05, 0) is 65.0 Å². The third-order valence-electron chi connectivity index (χ3n) is 6.76. The standard InChI is InChI=1S/C30H43N3O5/c1-9-22(34)18-36-23-10-11-25(32-16-23)24-17-31-21(6)26(27(24)33-14-12-30(7,8)13-15-33)28(37-19(2)3)29(35)38-20(4)5/h10-11,16-17,19-20,28H,9,12-15,18H2,1-8H3/t28-/m0/s1. The third kappa shape index (κ3) is 7.53. The number of pyridine rings is 2. The number of aromatic nitrogens is 2. The lowest BCUT2D eigenvalue weighted by molar-refractivity contribution is -0.164. The highest BCUT2D eigenvalue weighted by Crippen LogP contribution is 2.42. The van der Waals surface area contributed by atoms with Crippen LogP contribution in [0.15, 0.2) is 24.5 Å². The van der Waals surface area contributed by atoms with Crippen molar-refractivity contribution in [3.05, 3.63) is 35.8 Å². The van der Waals surface area contributed by atoms with Gasteiger partial charge in [0.1, 0.15) is 12.4 Å². The van der Waals surface area contributed by atoms with Crippen molar-refractivity contribution >= 4 is 17.4 Å². The Kier molecular flexibility index (Phi) is 9.88. The predicted molar refractivity (Wildman–Crippen MR) is 148 cm³/mol. The van der Waals surface area contributed by atoms with E-state index >= 15 is 0 Å². The lowest BCUT2D eigenvalue weighted by Crippen LogP contribution is -2.39. The van der Waals surface area contributed by atoms with Crippen LogP contribution >= 0.6 is 0 Å². The van der Waals surface area contributed by atoms with Crippen LogP contribution in [0.1, 0.15) is 85.1 Å². The van der Waals surface area contributed by atoms with Crippen molar-refractivity contribution < 1.29 is 23.8 Å². The SMILES string of the molecule is CCC(=O)COc1ccc(-c2cnc(C)c([C@H](OC(C)C)C(=O)OC(C)C)c2N2CCC(C)(C)CC2)nc1. The van der Waals surface area contributed by atoms with Gasteiger partial charge < -0.3 is 19.1 Å². The molecule has 8 heteroatoms. The molecule has 1 aliphatic rings. The summed E-state index contributed by atoms with van der Waals surface area (Å²) in [7, 11) is 0. The molecule has 0 N–H and O–H groups in total. The maximum absolute atomic E-state index is 13.4. The first kappa shape index (κ1) is 29.6. The molecule has 0 aromatic carbocycles. The van der Waals surface area contributed by atoms with Gasteiger partial charge in [0.25, 0.3) is 0 Å². The zero-order valence-corrected chi connectivity index (χ0v) is 24.2. The summed E-state index contributed by atoms with van der Waals surface area (Å²) >= 11 is 0. The fourth-order valence-corrected chi connectivity index (χ4v) is 4.48. The van der Waals surface area contributed by atoms with Crippen LogP contribution in [0.2, 0.25) is 0 Å². The van der Waals surface area contributed by atoms with Gasteiger partial charge >= 0.3 is 5.97 Å². The van der Waals surface area contributed by atoms with Gasteiger partial charge in [-0.2, -0.15) is 0 Å². The second kappa shape index (κ2) is 12.7. The second-order valence-corrected chi connectivity index (χ2v) is 11.3. The van der Waals surface area contributed by atoms with Gasteiger partial charge in [-0.15, -0.1) is 0 Å². The maximum Gasteiger partial charge on any atom is 0.340 e. The predicted octanol–water partition coefficient (Wildman–Crippen LogP) is 5.85. The molecule has 1 fully saturated rings. The summed E-state index contributed by atoms with van der Waals surface area (Å²) in [6.45, 7) is 17.5. The first-order valence-electron chi connectivity index (χ1n) is 13.6. The van der Waals surface area contributed by atoms with Gasteiger partial charge in [-0.3, -0.25) is 14.8 Å². The molecule has 38 heavy (non-hydrogen) atoms. The van der Waals surface area contributed by atoms with Crippen LogP contribution < -0.4 is 9.64 Å². The third-order valence-corrected chi connectivity index (χ3v) is 6.76. The average molecular weight is 526 g/mol. The molecule has 0 amide bonds. The quantitative estimate of drug-likeness (QED) is 0.337. The molecule has 2 aromatic heterocycles. The molecule has 0 radical (unpaired) electrons. The molecule has 0 unspecified atom stereocenters. The average Bonchev–Trinajstić information content (AvgIpc) is 2.86. The smallest absolute Gasteiger partial charge is 0.340 e. The Balaban J connectivity index is 2.12. The van der Waals surface area contributed by atoms with Crippen molar-refractivity contribution in [2.24, 2.45) is 5.41 Å². The number of hydrogen-bond acceptors (Lipinski definition) is 8. The molecule has 1 saturated heterocycles. The molecular weight excluding hydrogens is 482 g/mol. The van der Waals surface area contributed by atoms with E-state index in [-0.39, 0.29) is 30.0 Å². The van der Waals surface area contributed by atoms with E-state index < -0.39 is 12.1 Å². The van der Waals surface area contributed by atoms with Crippen molar-refractivity contribution in [2.45, 2.75) is 93.0 Å². The zero-order chi connectivity index (χ0) is 28.0. The number of carbonyl (C=O) groups excluding carboxylic acids is 2. The van der Waals surface area contributed by atoms with Crippen LogP contribution in [0.5, 0.6) is 5.75 Å². The van der Waals surface area contributed by atoms with E-state index in [9.17, 15) is 9.59 Å². The van der Waals surface area contributed by atoms with Crippen LogP contribution in [0.25, 0.3) is 11.3 Å². The molecule has 8 nitrogen and oxygen atoms in total. The molecule has 3 rings (SSSR count). The minimum absolute atomic E-state index is 0.0226. The summed E-state index contributed by atoms with van der Waals surface area (Å²) in [5.41, 5.74) is 4.11. The highest BCUT2D eigenvalue weighted by Gasteiger charge is 2.35. The number of anilines is 1. The van der Waals surface area contributed by atoms with Crippen LogP contribution in [0, 0.1) is 12.3 Å². The van der Waals surface area contributed by atoms with Crippen LogP contribution in [-0.2, 0) is 19.1 Å². The first-order chi connectivity index (χ1) is 17.9. The Labute approximate surface area is 227 Å². The summed E-state index contributed by atoms with van der Waals surface area (Å²) in [6, 6.07) is 3.67. The normalized spacial score (nSPS) is 16.0. The summed E-state index contributed by atoms with van der Waals surface area (Å²) in [4.78, 5) is 36.7. The van der Waals surface area contributed by atoms with Crippen LogP contribution in [0.4, 0.5) is 5.69 Å². The molecule has 3 heterocycles. The van der Waals surface area contributed by atoms with E-state index in [0.717, 1.165) is 48.4 Å². The van der Waals surface area contributed by atoms with Crippen molar-refractivity contribution in [1.82, 2.24) is 9.97 Å². The number of nitrogens with zero attached hydrogens (tertiary/aromatic N) is 3. The molecule has 1 atom stereocenters. The van der Waals surface area contributed by atoms with Gasteiger partial charge in [0.05, 0.1) is 29.8 Å². The Morgan fingerprint density at radius 2 is 1.71 bits per heavy atom. The Morgan fingerprint density at radius 3 is 2.26 bits per heavy atom. The summed E-state index contributed by atoms with van der Waals surface area (Å²) in [5.74, 6) is 0.131. The largest absolute Gasteiger partial charge is 0.484 e. The first-order valence-corrected chi connectivity index (χ1v) is 13.6. The number of Topliss-reactive ketones (excluding diaryl/α,β-unsaturated/α-hetero) is 1. The van der Waals surface area contributed by atoms with E-state index in [2.05, 4.69) is 23.7 Å². The Hall–Kier alpha value is -3.00. The zero-order valence-electron chi connectivity index (χ0n) is 24.2. The summed E-state index contributed by atoms with van der Waals surface area (Å²) in [5, 5.41) is 0. The number of piperidine rings is 1. The number of hydrogen-bond donors (Lipinski definition) is 0. The number of rotatable bonds is 11. The van der Waals surface area contributed by atoms with Gasteiger partial charge in [0.15, 0.2) is 11.9 Å². The second-order valence-electron chi connectivity index (χ2n) is 11.3. The molecule has 2 aromatic rings. The van der Waals surface area contributed by atoms with Crippen LogP contribution in [-0.4, -0.2) is 53.6 Å². The van der Waals surface area contributed by atoms with E-state index in [1.165, 1.54) is 0 Å². The molecule has 0 aliphatic carbocycles. The van der Waals surface area contributed by atoms with E-state index in [4.69, 9.17) is 19.2 Å². The highest BCUT2D eigenvalue weighted by molar-refractivity contribution is 5.86. The molecular formula is C30H43N3O5. The minimum atomic E-state index is -0.919. The van der Waals surface area contributed by atoms with Crippen molar-refractivity contribution in [3.8, 4) is 17.0 Å². The van der Waals surface area contributed by atoms with Crippen molar-refractivity contribution in [1.29, 1.82) is 0 Å². The lowest BCUT2D eigenvalue weighted by Gasteiger charge is -2.40. The van der Waals surface area contributed by atoms with E-state index in [0.29, 0.717) is 17.9 Å². The number of esters is 1. The number of carbonyl (C=O) groups is 2. The van der Waals surface area contributed by atoms with E-state index in [1.54, 1.807) is 6.20 Å². The van der Waals surface area contributed by atoms with Crippen molar-refractivity contribution in [3.63, 3.8) is 0 Å². The Morgan fingerprint density at radius 1 is 1.03 bits per heavy atom. The summed E-state index contributed by atoms with van der Waals surface area (Å²) < 4.78 is 17.5. The Bertz CT molecular complexity index is 1100. The summed E-state index contributed by atoms with van der Waals surface area (Å²) in [6.07, 6.45) is 4.51. The molecule has 1 aliphatic heterocycles. The molecule has 208 valence electrons. The van der Waals surface area contributed by atoms with Gasteiger partial charge in [0, 0.05) is 42.5 Å². The van der Waals surface area contributed by atoms with Crippen LogP contribution in [0.3, 0.4) is 0 Å². The van der Waals surface area contributed by atoms with Gasteiger partial charge in [-0.1, -0.05) is 20.8 Å². The fraction of sp³-hybridized carbons (Fsp3) is 0.600. The topological polar surface area (TPSA) is 90.9 Å². The van der Waals surface area contributed by atoms with Gasteiger partial charge in [0.2, 0.25) is 0 Å². The fourth-order valence-electron chi connectivity index (χ4n) is 4.48. The minimum Gasteiger partial charge on any atom is -0.484 e. The molecule has 0 bridgehead atoms. The van der Waals surface area contributed by atoms with Crippen molar-refractivity contribution in [2.75, 3.05) is 24.6 Å². The maximum atomic E-state index is 13.4. The molecule has 0 saturated carbocycles.